The molecule has 1 N–H and O–H groups in total. The van der Waals surface area contributed by atoms with Gasteiger partial charge < -0.3 is 5.11 Å². The van der Waals surface area contributed by atoms with Gasteiger partial charge in [0.15, 0.2) is 0 Å². The minimum absolute atomic E-state index is 0.230. The fourth-order valence-electron chi connectivity index (χ4n) is 1.62. The molecule has 2 rings (SSSR count). The number of aliphatic hydroxyl groups excluding tert-OH is 1. The molecule has 0 spiro atoms. The Labute approximate surface area is 101 Å². The van der Waals surface area contributed by atoms with Crippen LogP contribution in [-0.4, -0.2) is 5.11 Å². The molecule has 2 aromatic carbocycles. The molecule has 2 aromatic rings. The second-order valence-electron chi connectivity index (χ2n) is 4.04. The highest BCUT2D eigenvalue weighted by molar-refractivity contribution is 5.38. The number of halogens is 1. The number of hydrogen-bond donors (Lipinski definition) is 1. The highest BCUT2D eigenvalue weighted by atomic mass is 19.1. The lowest BCUT2D eigenvalue weighted by Gasteiger charge is -2.06. The molecule has 0 aromatic heterocycles. The van der Waals surface area contributed by atoms with Crippen LogP contribution in [0.2, 0.25) is 0 Å². The zero-order chi connectivity index (χ0) is 12.3. The Morgan fingerprint density at radius 2 is 1.41 bits per heavy atom. The van der Waals surface area contributed by atoms with Gasteiger partial charge in [0.05, 0.1) is 6.10 Å². The summed E-state index contributed by atoms with van der Waals surface area (Å²) < 4.78 is 12.7. The minimum atomic E-state index is -0.449. The monoisotopic (exact) mass is 229 g/mol. The molecule has 0 heterocycles. The van der Waals surface area contributed by atoms with Crippen molar-refractivity contribution in [3.05, 3.63) is 77.5 Å². The van der Waals surface area contributed by atoms with Gasteiger partial charge in [-0.15, -0.1) is 0 Å². The van der Waals surface area contributed by atoms with E-state index < -0.39 is 6.10 Å². The van der Waals surface area contributed by atoms with E-state index in [4.69, 9.17) is 0 Å². The molecule has 1 atom stereocenters. The van der Waals surface area contributed by atoms with Crippen molar-refractivity contribution in [2.24, 2.45) is 0 Å². The molecule has 17 heavy (non-hydrogen) atoms. The highest BCUT2D eigenvalue weighted by Gasteiger charge is 2.01. The predicted octanol–water partition coefficient (Wildman–Crippen LogP) is 3.48. The normalized spacial score (nSPS) is 12.4. The van der Waals surface area contributed by atoms with Crippen LogP contribution < -0.4 is 0 Å². The van der Waals surface area contributed by atoms with Crippen LogP contribution in [0.15, 0.2) is 48.5 Å². The van der Waals surface area contributed by atoms with Crippen molar-refractivity contribution in [3.63, 3.8) is 0 Å². The molecular weight excluding hydrogens is 215 g/mol. The molecule has 0 fully saturated rings. The van der Waals surface area contributed by atoms with Crippen molar-refractivity contribution >= 4 is 0 Å². The molecular formula is C15H14FO. The largest absolute Gasteiger partial charge is 0.389 e. The van der Waals surface area contributed by atoms with Gasteiger partial charge in [0.25, 0.3) is 0 Å². The van der Waals surface area contributed by atoms with Crippen LogP contribution in [0.4, 0.5) is 4.39 Å². The summed E-state index contributed by atoms with van der Waals surface area (Å²) in [5, 5.41) is 9.38. The van der Waals surface area contributed by atoms with E-state index in [1.165, 1.54) is 12.1 Å². The lowest BCUT2D eigenvalue weighted by molar-refractivity contribution is 0.199. The summed E-state index contributed by atoms with van der Waals surface area (Å²) in [6.45, 7) is 1.73. The molecule has 0 aliphatic heterocycles. The van der Waals surface area contributed by atoms with Crippen molar-refractivity contribution in [1.29, 1.82) is 0 Å². The van der Waals surface area contributed by atoms with E-state index in [-0.39, 0.29) is 5.82 Å². The van der Waals surface area contributed by atoms with Crippen LogP contribution in [0.5, 0.6) is 0 Å². The number of rotatable bonds is 3. The summed E-state index contributed by atoms with van der Waals surface area (Å²) in [5.74, 6) is -0.230. The topological polar surface area (TPSA) is 20.2 Å². The zero-order valence-corrected chi connectivity index (χ0v) is 9.60. The second kappa shape index (κ2) is 5.11. The van der Waals surface area contributed by atoms with Gasteiger partial charge in [0.2, 0.25) is 0 Å². The van der Waals surface area contributed by atoms with Gasteiger partial charge >= 0.3 is 0 Å². The maximum atomic E-state index is 12.7. The molecule has 0 aliphatic rings. The summed E-state index contributed by atoms with van der Waals surface area (Å²) in [5.41, 5.74) is 2.87. The fourth-order valence-corrected chi connectivity index (χ4v) is 1.62. The van der Waals surface area contributed by atoms with Crippen LogP contribution in [0.25, 0.3) is 0 Å². The summed E-state index contributed by atoms with van der Waals surface area (Å²) in [7, 11) is 0. The fraction of sp³-hybridized carbons (Fsp3) is 0.133. The van der Waals surface area contributed by atoms with Gasteiger partial charge in [-0.2, -0.15) is 0 Å². The second-order valence-corrected chi connectivity index (χ2v) is 4.04. The standard InChI is InChI=1S/C15H14FO/c1-11(17)14-6-2-12(3-7-14)10-13-4-8-15(16)9-5-13/h2-11,17H,1H3. The Hall–Kier alpha value is -1.67. The SMILES string of the molecule is CC(O)c1ccc([CH]c2ccc(F)cc2)cc1. The Morgan fingerprint density at radius 1 is 0.941 bits per heavy atom. The summed E-state index contributed by atoms with van der Waals surface area (Å²) in [6.07, 6.45) is 1.51. The van der Waals surface area contributed by atoms with Gasteiger partial charge in [0, 0.05) is 6.42 Å². The lowest BCUT2D eigenvalue weighted by Crippen LogP contribution is -1.91. The summed E-state index contributed by atoms with van der Waals surface area (Å²) in [4.78, 5) is 0. The average Bonchev–Trinajstić information content (AvgIpc) is 2.33. The van der Waals surface area contributed by atoms with E-state index in [0.717, 1.165) is 16.7 Å². The van der Waals surface area contributed by atoms with E-state index in [1.807, 2.05) is 30.7 Å². The van der Waals surface area contributed by atoms with Crippen LogP contribution in [0, 0.1) is 12.2 Å². The van der Waals surface area contributed by atoms with Crippen molar-refractivity contribution in [2.75, 3.05) is 0 Å². The van der Waals surface area contributed by atoms with Crippen LogP contribution >= 0.6 is 0 Å². The Balaban J connectivity index is 2.11. The van der Waals surface area contributed by atoms with Gasteiger partial charge in [-0.25, -0.2) is 4.39 Å². The molecule has 0 aliphatic carbocycles. The Kier molecular flexibility index (Phi) is 3.55. The molecule has 0 amide bonds. The molecule has 0 bridgehead atoms. The average molecular weight is 229 g/mol. The van der Waals surface area contributed by atoms with Gasteiger partial charge in [-0.1, -0.05) is 36.4 Å². The Morgan fingerprint density at radius 3 is 1.88 bits per heavy atom. The third-order valence-electron chi connectivity index (χ3n) is 2.62. The van der Waals surface area contributed by atoms with Crippen molar-refractivity contribution in [1.82, 2.24) is 0 Å². The predicted molar refractivity (Wildman–Crippen MR) is 66.0 cm³/mol. The van der Waals surface area contributed by atoms with E-state index in [9.17, 15) is 9.50 Å². The van der Waals surface area contributed by atoms with Crippen LogP contribution in [0.3, 0.4) is 0 Å². The molecule has 0 saturated carbocycles. The smallest absolute Gasteiger partial charge is 0.123 e. The van der Waals surface area contributed by atoms with Gasteiger partial charge in [-0.05, 0) is 35.7 Å². The molecule has 2 heteroatoms. The first-order valence-electron chi connectivity index (χ1n) is 5.53. The van der Waals surface area contributed by atoms with Gasteiger partial charge in [-0.3, -0.25) is 0 Å². The third-order valence-corrected chi connectivity index (χ3v) is 2.62. The first kappa shape index (κ1) is 11.8. The number of aliphatic hydroxyl groups is 1. The summed E-state index contributed by atoms with van der Waals surface area (Å²) >= 11 is 0. The number of hydrogen-bond acceptors (Lipinski definition) is 1. The Bertz CT molecular complexity index is 471. The van der Waals surface area contributed by atoms with Crippen LogP contribution in [-0.2, 0) is 0 Å². The third kappa shape index (κ3) is 3.14. The van der Waals surface area contributed by atoms with E-state index in [1.54, 1.807) is 19.1 Å². The van der Waals surface area contributed by atoms with Crippen molar-refractivity contribution in [2.45, 2.75) is 13.0 Å². The van der Waals surface area contributed by atoms with Crippen molar-refractivity contribution < 1.29 is 9.50 Å². The highest BCUT2D eigenvalue weighted by Crippen LogP contribution is 2.16. The quantitative estimate of drug-likeness (QED) is 0.854. The van der Waals surface area contributed by atoms with Gasteiger partial charge in [0.1, 0.15) is 5.82 Å². The maximum Gasteiger partial charge on any atom is 0.123 e. The van der Waals surface area contributed by atoms with Crippen LogP contribution in [0.1, 0.15) is 29.7 Å². The molecule has 0 saturated heterocycles. The summed E-state index contributed by atoms with van der Waals surface area (Å²) in [6, 6.07) is 14.0. The number of benzene rings is 2. The maximum absolute atomic E-state index is 12.7. The molecule has 87 valence electrons. The van der Waals surface area contributed by atoms with E-state index in [0.29, 0.717) is 0 Å². The first-order valence-corrected chi connectivity index (χ1v) is 5.53. The first-order chi connectivity index (χ1) is 8.15. The zero-order valence-electron chi connectivity index (χ0n) is 9.60. The lowest BCUT2D eigenvalue weighted by atomic mass is 10.0. The van der Waals surface area contributed by atoms with E-state index in [2.05, 4.69) is 0 Å². The minimum Gasteiger partial charge on any atom is -0.389 e. The van der Waals surface area contributed by atoms with E-state index >= 15 is 0 Å². The molecule has 1 unspecified atom stereocenters. The molecule has 1 radical (unpaired) electrons. The van der Waals surface area contributed by atoms with Crippen molar-refractivity contribution in [3.8, 4) is 0 Å². The molecule has 1 nitrogen and oxygen atoms in total.